The summed E-state index contributed by atoms with van der Waals surface area (Å²) in [4.78, 5) is 23.0. The molecule has 1 unspecified atom stereocenters. The number of amides is 1. The fourth-order valence-electron chi connectivity index (χ4n) is 3.34. The van der Waals surface area contributed by atoms with E-state index in [1.54, 1.807) is 23.1 Å². The smallest absolute Gasteiger partial charge is 0.263 e. The van der Waals surface area contributed by atoms with Crippen molar-refractivity contribution in [1.29, 1.82) is 0 Å². The number of hydrogen-bond donors (Lipinski definition) is 0. The van der Waals surface area contributed by atoms with Crippen LogP contribution in [0.3, 0.4) is 0 Å². The Morgan fingerprint density at radius 2 is 1.86 bits per heavy atom. The molecule has 1 aliphatic rings. The van der Waals surface area contributed by atoms with Gasteiger partial charge in [-0.2, -0.15) is 0 Å². The Hall–Kier alpha value is -2.25. The molecule has 5 nitrogen and oxygen atoms in total. The maximum Gasteiger partial charge on any atom is 0.263 e. The van der Waals surface area contributed by atoms with Crippen molar-refractivity contribution in [3.05, 3.63) is 48.5 Å². The molecule has 0 aliphatic carbocycles. The molecule has 3 aromatic rings. The highest BCUT2D eigenvalue weighted by atomic mass is 32.2. The molecule has 28 heavy (non-hydrogen) atoms. The number of rotatable bonds is 5. The summed E-state index contributed by atoms with van der Waals surface area (Å²) in [5, 5.41) is 1.04. The minimum atomic E-state index is -0.486. The SMILES string of the molecule is CSc1cccc2sc(N3CCN(C(=O)C(C)Oc4ccccc4)CC3)nc12. The van der Waals surface area contributed by atoms with Crippen molar-refractivity contribution < 1.29 is 9.53 Å². The number of piperazine rings is 1. The Balaban J connectivity index is 1.38. The molecular formula is C21H23N3O2S2. The third-order valence-corrected chi connectivity index (χ3v) is 6.71. The third-order valence-electron chi connectivity index (χ3n) is 4.86. The molecule has 0 N–H and O–H groups in total. The molecule has 1 aromatic heterocycles. The molecule has 7 heteroatoms. The Labute approximate surface area is 173 Å². The van der Waals surface area contributed by atoms with Gasteiger partial charge in [0.25, 0.3) is 5.91 Å². The van der Waals surface area contributed by atoms with Crippen molar-refractivity contribution in [3.8, 4) is 5.75 Å². The van der Waals surface area contributed by atoms with Crippen LogP contribution in [0.1, 0.15) is 6.92 Å². The zero-order chi connectivity index (χ0) is 19.5. The first-order valence-electron chi connectivity index (χ1n) is 9.34. The van der Waals surface area contributed by atoms with Crippen molar-refractivity contribution in [2.24, 2.45) is 0 Å². The summed E-state index contributed by atoms with van der Waals surface area (Å²) in [5.41, 5.74) is 1.08. The minimum absolute atomic E-state index is 0.0393. The molecule has 1 saturated heterocycles. The standard InChI is InChI=1S/C21H23N3O2S2/c1-15(26-16-7-4-3-5-8-16)20(25)23-11-13-24(14-12-23)21-22-19-17(27-2)9-6-10-18(19)28-21/h3-10,15H,11-14H2,1-2H3. The maximum atomic E-state index is 12.7. The van der Waals surface area contributed by atoms with Crippen LogP contribution < -0.4 is 9.64 Å². The molecule has 2 heterocycles. The Morgan fingerprint density at radius 3 is 2.57 bits per heavy atom. The van der Waals surface area contributed by atoms with Gasteiger partial charge in [0.1, 0.15) is 5.75 Å². The normalized spacial score (nSPS) is 15.6. The zero-order valence-electron chi connectivity index (χ0n) is 16.0. The monoisotopic (exact) mass is 413 g/mol. The van der Waals surface area contributed by atoms with Gasteiger partial charge in [-0.25, -0.2) is 4.98 Å². The largest absolute Gasteiger partial charge is 0.481 e. The Kier molecular flexibility index (Phi) is 5.73. The van der Waals surface area contributed by atoms with E-state index in [0.29, 0.717) is 13.1 Å². The number of thioether (sulfide) groups is 1. The van der Waals surface area contributed by atoms with Crippen LogP contribution in [-0.4, -0.2) is 54.3 Å². The number of carbonyl (C=O) groups excluding carboxylic acids is 1. The average molecular weight is 414 g/mol. The van der Waals surface area contributed by atoms with Gasteiger partial charge in [-0.3, -0.25) is 4.79 Å². The second-order valence-electron chi connectivity index (χ2n) is 6.69. The van der Waals surface area contributed by atoms with Crippen LogP contribution in [0.5, 0.6) is 5.75 Å². The van der Waals surface area contributed by atoms with Crippen molar-refractivity contribution >= 4 is 44.4 Å². The second-order valence-corrected chi connectivity index (χ2v) is 8.55. The van der Waals surface area contributed by atoms with Gasteiger partial charge in [0, 0.05) is 31.1 Å². The molecule has 2 aromatic carbocycles. The number of para-hydroxylation sites is 2. The lowest BCUT2D eigenvalue weighted by Crippen LogP contribution is -2.52. The molecule has 146 valence electrons. The fourth-order valence-corrected chi connectivity index (χ4v) is 5.01. The van der Waals surface area contributed by atoms with Crippen molar-refractivity contribution in [3.63, 3.8) is 0 Å². The van der Waals surface area contributed by atoms with Crippen molar-refractivity contribution in [2.75, 3.05) is 37.3 Å². The molecule has 4 rings (SSSR count). The topological polar surface area (TPSA) is 45.7 Å². The van der Waals surface area contributed by atoms with Crippen LogP contribution in [0.25, 0.3) is 10.2 Å². The van der Waals surface area contributed by atoms with Crippen molar-refractivity contribution in [2.45, 2.75) is 17.9 Å². The lowest BCUT2D eigenvalue weighted by Gasteiger charge is -2.35. The van der Waals surface area contributed by atoms with E-state index in [1.165, 1.54) is 9.60 Å². The number of ether oxygens (including phenoxy) is 1. The summed E-state index contributed by atoms with van der Waals surface area (Å²) in [6.07, 6.45) is 1.59. The molecule has 0 saturated carbocycles. The maximum absolute atomic E-state index is 12.7. The predicted octanol–water partition coefficient (Wildman–Crippen LogP) is 4.13. The number of fused-ring (bicyclic) bond motifs is 1. The van der Waals surface area contributed by atoms with Crippen molar-refractivity contribution in [1.82, 2.24) is 9.88 Å². The molecule has 0 radical (unpaired) electrons. The molecule has 1 fully saturated rings. The van der Waals surface area contributed by atoms with Crippen LogP contribution in [0.4, 0.5) is 5.13 Å². The van der Waals surface area contributed by atoms with Gasteiger partial charge in [-0.15, -0.1) is 11.8 Å². The number of carbonyl (C=O) groups is 1. The summed E-state index contributed by atoms with van der Waals surface area (Å²) in [7, 11) is 0. The zero-order valence-corrected chi connectivity index (χ0v) is 17.6. The average Bonchev–Trinajstić information content (AvgIpc) is 3.18. The summed E-state index contributed by atoms with van der Waals surface area (Å²) in [5.74, 6) is 0.763. The van der Waals surface area contributed by atoms with Gasteiger partial charge in [0.05, 0.1) is 10.2 Å². The highest BCUT2D eigenvalue weighted by Gasteiger charge is 2.27. The van der Waals surface area contributed by atoms with Crippen LogP contribution in [0.2, 0.25) is 0 Å². The van der Waals surface area contributed by atoms with Crippen LogP contribution in [-0.2, 0) is 4.79 Å². The lowest BCUT2D eigenvalue weighted by atomic mass is 10.2. The first-order chi connectivity index (χ1) is 13.7. The summed E-state index contributed by atoms with van der Waals surface area (Å²) >= 11 is 3.45. The number of aromatic nitrogens is 1. The quantitative estimate of drug-likeness (QED) is 0.589. The minimum Gasteiger partial charge on any atom is -0.481 e. The van der Waals surface area contributed by atoms with E-state index >= 15 is 0 Å². The number of thiazole rings is 1. The molecule has 1 amide bonds. The van der Waals surface area contributed by atoms with E-state index < -0.39 is 6.10 Å². The molecular weight excluding hydrogens is 390 g/mol. The van der Waals surface area contributed by atoms with Gasteiger partial charge in [-0.1, -0.05) is 35.6 Å². The van der Waals surface area contributed by atoms with E-state index in [9.17, 15) is 4.79 Å². The molecule has 0 spiro atoms. The second kappa shape index (κ2) is 8.41. The summed E-state index contributed by atoms with van der Waals surface area (Å²) < 4.78 is 7.00. The number of hydrogen-bond acceptors (Lipinski definition) is 6. The first-order valence-corrected chi connectivity index (χ1v) is 11.4. The lowest BCUT2D eigenvalue weighted by molar-refractivity contribution is -0.138. The van der Waals surface area contributed by atoms with E-state index in [1.807, 2.05) is 42.2 Å². The Bertz CT molecular complexity index is 953. The molecule has 1 atom stereocenters. The van der Waals surface area contributed by atoms with Crippen LogP contribution in [0, 0.1) is 0 Å². The highest BCUT2D eigenvalue weighted by Crippen LogP contribution is 2.34. The summed E-state index contributed by atoms with van der Waals surface area (Å²) in [6, 6.07) is 15.8. The number of benzene rings is 2. The van der Waals surface area contributed by atoms with Crippen LogP contribution >= 0.6 is 23.1 Å². The van der Waals surface area contributed by atoms with E-state index in [4.69, 9.17) is 9.72 Å². The van der Waals surface area contributed by atoms with E-state index in [-0.39, 0.29) is 5.91 Å². The van der Waals surface area contributed by atoms with Gasteiger partial charge >= 0.3 is 0 Å². The highest BCUT2D eigenvalue weighted by molar-refractivity contribution is 7.98. The number of nitrogens with zero attached hydrogens (tertiary/aromatic N) is 3. The van der Waals surface area contributed by atoms with E-state index in [0.717, 1.165) is 29.5 Å². The molecule has 1 aliphatic heterocycles. The fraction of sp³-hybridized carbons (Fsp3) is 0.333. The van der Waals surface area contributed by atoms with Gasteiger partial charge in [0.15, 0.2) is 11.2 Å². The summed E-state index contributed by atoms with van der Waals surface area (Å²) in [6.45, 7) is 4.77. The third kappa shape index (κ3) is 3.95. The first kappa shape index (κ1) is 19.1. The predicted molar refractivity (Wildman–Crippen MR) is 117 cm³/mol. The number of anilines is 1. The van der Waals surface area contributed by atoms with Gasteiger partial charge in [0.2, 0.25) is 0 Å². The van der Waals surface area contributed by atoms with Crippen LogP contribution in [0.15, 0.2) is 53.4 Å². The van der Waals surface area contributed by atoms with Gasteiger partial charge < -0.3 is 14.5 Å². The molecule has 0 bridgehead atoms. The van der Waals surface area contributed by atoms with E-state index in [2.05, 4.69) is 29.4 Å². The Morgan fingerprint density at radius 1 is 1.11 bits per heavy atom. The van der Waals surface area contributed by atoms with Gasteiger partial charge in [-0.05, 0) is 37.4 Å².